The fourth-order valence-corrected chi connectivity index (χ4v) is 8.63. The number of carbonyl (C=O) groups excluding carboxylic acids is 2. The molecule has 0 aromatic heterocycles. The van der Waals surface area contributed by atoms with Crippen molar-refractivity contribution in [3.8, 4) is 0 Å². The van der Waals surface area contributed by atoms with Crippen molar-refractivity contribution in [3.63, 3.8) is 0 Å². The number of hydrogen-bond donors (Lipinski definition) is 2. The Morgan fingerprint density at radius 1 is 0.690 bits per heavy atom. The van der Waals surface area contributed by atoms with E-state index in [1.807, 2.05) is 60.7 Å². The topological polar surface area (TPSA) is 58.2 Å². The second kappa shape index (κ2) is 7.57. The van der Waals surface area contributed by atoms with Crippen LogP contribution in [0.5, 0.6) is 0 Å². The lowest BCUT2D eigenvalue weighted by Gasteiger charge is -2.58. The van der Waals surface area contributed by atoms with E-state index in [2.05, 4.69) is 10.2 Å². The number of amides is 2. The Labute approximate surface area is 173 Å². The minimum Gasteiger partial charge on any atom is -0.314 e. The molecule has 0 unspecified atom stereocenters. The molecule has 0 saturated heterocycles. The molecule has 4 fully saturated rings. The van der Waals surface area contributed by atoms with Gasteiger partial charge in [-0.1, -0.05) is 36.4 Å². The summed E-state index contributed by atoms with van der Waals surface area (Å²) in [5, 5.41) is 6.61. The summed E-state index contributed by atoms with van der Waals surface area (Å²) in [6.07, 6.45) is 7.41. The quantitative estimate of drug-likeness (QED) is 0.677. The Bertz CT molecular complexity index is 811. The van der Waals surface area contributed by atoms with E-state index in [1.165, 1.54) is 19.3 Å². The first-order valence-electron chi connectivity index (χ1n) is 10.6. The highest BCUT2D eigenvalue weighted by atomic mass is 31.1. The number of benzene rings is 2. The van der Waals surface area contributed by atoms with E-state index < -0.39 is 8.22 Å². The van der Waals surface area contributed by atoms with Crippen molar-refractivity contribution in [2.45, 2.75) is 43.7 Å². The lowest BCUT2D eigenvalue weighted by Crippen LogP contribution is -2.53. The Morgan fingerprint density at radius 2 is 1.07 bits per heavy atom. The van der Waals surface area contributed by atoms with Crippen LogP contribution < -0.4 is 10.2 Å². The standard InChI is InChI=1S/C24H27N2O2P/c27-22(20-7-3-1-4-8-20)25-29(26-23(28)21-9-5-2-6-10-21)24-14-17-11-18(15-24)13-19(12-17)16-24/h1-10,17-19H,11-16H2,(H,25,27)(H,26,28). The lowest BCUT2D eigenvalue weighted by atomic mass is 9.56. The zero-order valence-electron chi connectivity index (χ0n) is 16.5. The number of rotatable bonds is 5. The van der Waals surface area contributed by atoms with E-state index in [0.717, 1.165) is 37.0 Å². The third-order valence-electron chi connectivity index (χ3n) is 6.98. The lowest BCUT2D eigenvalue weighted by molar-refractivity contribution is 0.0343. The van der Waals surface area contributed by atoms with Crippen LogP contribution in [0.3, 0.4) is 0 Å². The molecule has 150 valence electrons. The van der Waals surface area contributed by atoms with Gasteiger partial charge in [-0.25, -0.2) is 0 Å². The average Bonchev–Trinajstić information content (AvgIpc) is 2.73. The molecule has 4 aliphatic rings. The molecule has 4 bridgehead atoms. The molecule has 0 heterocycles. The molecular weight excluding hydrogens is 379 g/mol. The van der Waals surface area contributed by atoms with Crippen LogP contribution in [0.2, 0.25) is 0 Å². The van der Waals surface area contributed by atoms with E-state index in [4.69, 9.17) is 0 Å². The Morgan fingerprint density at radius 3 is 1.45 bits per heavy atom. The maximum absolute atomic E-state index is 13.0. The van der Waals surface area contributed by atoms with Crippen LogP contribution in [0.15, 0.2) is 60.7 Å². The molecule has 0 radical (unpaired) electrons. The predicted molar refractivity (Wildman–Crippen MR) is 116 cm³/mol. The molecule has 0 spiro atoms. The van der Waals surface area contributed by atoms with Gasteiger partial charge < -0.3 is 10.2 Å². The fourth-order valence-electron chi connectivity index (χ4n) is 6.12. The first-order chi connectivity index (χ1) is 14.1. The zero-order chi connectivity index (χ0) is 19.8. The van der Waals surface area contributed by atoms with Gasteiger partial charge in [0.05, 0.1) is 0 Å². The van der Waals surface area contributed by atoms with Gasteiger partial charge in [0.1, 0.15) is 8.22 Å². The van der Waals surface area contributed by atoms with Crippen LogP contribution in [0.25, 0.3) is 0 Å². The molecule has 2 amide bonds. The van der Waals surface area contributed by atoms with Gasteiger partial charge in [0, 0.05) is 16.3 Å². The summed E-state index contributed by atoms with van der Waals surface area (Å²) in [6.45, 7) is 0. The van der Waals surface area contributed by atoms with E-state index in [1.54, 1.807) is 0 Å². The molecule has 2 N–H and O–H groups in total. The van der Waals surface area contributed by atoms with Crippen molar-refractivity contribution in [1.82, 2.24) is 10.2 Å². The van der Waals surface area contributed by atoms with Crippen LogP contribution in [-0.2, 0) is 0 Å². The van der Waals surface area contributed by atoms with Crippen LogP contribution >= 0.6 is 8.22 Å². The summed E-state index contributed by atoms with van der Waals surface area (Å²) in [5.74, 6) is 2.11. The molecule has 4 aliphatic carbocycles. The molecule has 2 aromatic carbocycles. The van der Waals surface area contributed by atoms with Gasteiger partial charge in [-0.2, -0.15) is 0 Å². The summed E-state index contributed by atoms with van der Waals surface area (Å²) >= 11 is 0. The summed E-state index contributed by atoms with van der Waals surface area (Å²) in [4.78, 5) is 26.0. The van der Waals surface area contributed by atoms with Crippen LogP contribution in [0.1, 0.15) is 59.2 Å². The first-order valence-corrected chi connectivity index (χ1v) is 12.0. The molecule has 2 aromatic rings. The average molecular weight is 406 g/mol. The highest BCUT2D eigenvalue weighted by Gasteiger charge is 2.55. The molecule has 5 heteroatoms. The van der Waals surface area contributed by atoms with Gasteiger partial charge in [0.2, 0.25) is 0 Å². The second-order valence-corrected chi connectivity index (χ2v) is 11.2. The van der Waals surface area contributed by atoms with Crippen molar-refractivity contribution in [2.75, 3.05) is 0 Å². The van der Waals surface area contributed by atoms with Crippen LogP contribution in [0, 0.1) is 17.8 Å². The maximum atomic E-state index is 13.0. The summed E-state index contributed by atoms with van der Waals surface area (Å²) < 4.78 is 0. The molecule has 0 aliphatic heterocycles. The van der Waals surface area contributed by atoms with Crippen LogP contribution in [0.4, 0.5) is 0 Å². The molecule has 6 rings (SSSR count). The summed E-state index contributed by atoms with van der Waals surface area (Å²) in [6, 6.07) is 18.7. The largest absolute Gasteiger partial charge is 0.314 e. The van der Waals surface area contributed by atoms with Crippen LogP contribution in [-0.4, -0.2) is 17.0 Å². The minimum atomic E-state index is -1.16. The van der Waals surface area contributed by atoms with Gasteiger partial charge >= 0.3 is 0 Å². The second-order valence-electron chi connectivity index (χ2n) is 9.09. The monoisotopic (exact) mass is 406 g/mol. The number of carbonyl (C=O) groups is 2. The highest BCUT2D eigenvalue weighted by molar-refractivity contribution is 7.56. The third-order valence-corrected chi connectivity index (χ3v) is 9.33. The SMILES string of the molecule is O=C(NP(NC(=O)c1ccccc1)C12CC3CC(CC(C3)C1)C2)c1ccccc1. The number of hydrogen-bond acceptors (Lipinski definition) is 2. The van der Waals surface area contributed by atoms with E-state index in [9.17, 15) is 9.59 Å². The van der Waals surface area contributed by atoms with Crippen molar-refractivity contribution >= 4 is 20.0 Å². The van der Waals surface area contributed by atoms with E-state index in [-0.39, 0.29) is 17.0 Å². The van der Waals surface area contributed by atoms with Gasteiger partial charge in [-0.3, -0.25) is 9.59 Å². The third kappa shape index (κ3) is 3.71. The first kappa shape index (κ1) is 18.8. The normalized spacial score (nSPS) is 29.6. The fraction of sp³-hybridized carbons (Fsp3) is 0.417. The van der Waals surface area contributed by atoms with E-state index >= 15 is 0 Å². The summed E-state index contributed by atoms with van der Waals surface area (Å²) in [7, 11) is -1.16. The highest BCUT2D eigenvalue weighted by Crippen LogP contribution is 2.66. The Hall–Kier alpha value is -2.19. The zero-order valence-corrected chi connectivity index (χ0v) is 17.4. The van der Waals surface area contributed by atoms with Crippen molar-refractivity contribution in [3.05, 3.63) is 71.8 Å². The van der Waals surface area contributed by atoms with Gasteiger partial charge in [0.15, 0.2) is 0 Å². The van der Waals surface area contributed by atoms with Gasteiger partial charge in [0.25, 0.3) is 11.8 Å². The Kier molecular flexibility index (Phi) is 4.91. The Balaban J connectivity index is 1.43. The maximum Gasteiger partial charge on any atom is 0.255 e. The van der Waals surface area contributed by atoms with Gasteiger partial charge in [-0.05, 0) is 80.5 Å². The predicted octanol–water partition coefficient (Wildman–Crippen LogP) is 5.13. The molecule has 29 heavy (non-hydrogen) atoms. The van der Waals surface area contributed by atoms with Gasteiger partial charge in [-0.15, -0.1) is 0 Å². The smallest absolute Gasteiger partial charge is 0.255 e. The molecule has 0 atom stereocenters. The molecule has 4 saturated carbocycles. The molecular formula is C24H27N2O2P. The van der Waals surface area contributed by atoms with Crippen molar-refractivity contribution in [1.29, 1.82) is 0 Å². The van der Waals surface area contributed by atoms with Crippen molar-refractivity contribution in [2.24, 2.45) is 17.8 Å². The minimum absolute atomic E-state index is 0.0406. The summed E-state index contributed by atoms with van der Waals surface area (Å²) in [5.41, 5.74) is 1.30. The number of nitrogens with one attached hydrogen (secondary N) is 2. The van der Waals surface area contributed by atoms with E-state index in [0.29, 0.717) is 11.1 Å². The van der Waals surface area contributed by atoms with Crippen molar-refractivity contribution < 1.29 is 9.59 Å². The molecule has 4 nitrogen and oxygen atoms in total.